The lowest BCUT2D eigenvalue weighted by Crippen LogP contribution is -1.85. The van der Waals surface area contributed by atoms with Gasteiger partial charge in [-0.25, -0.2) is 4.39 Å². The van der Waals surface area contributed by atoms with E-state index in [0.29, 0.717) is 5.39 Å². The van der Waals surface area contributed by atoms with E-state index in [9.17, 15) is 4.39 Å². The van der Waals surface area contributed by atoms with E-state index in [1.165, 1.54) is 16.7 Å². The summed E-state index contributed by atoms with van der Waals surface area (Å²) in [6, 6.07) is 3.57. The van der Waals surface area contributed by atoms with E-state index in [1.54, 1.807) is 24.9 Å². The molecule has 0 aliphatic rings. The highest BCUT2D eigenvalue weighted by Gasteiger charge is 2.11. The molecule has 0 spiro atoms. The van der Waals surface area contributed by atoms with Crippen molar-refractivity contribution in [1.82, 2.24) is 0 Å². The predicted octanol–water partition coefficient (Wildman–Crippen LogP) is 3.77. The Labute approximate surface area is 89.9 Å². The lowest BCUT2D eigenvalue weighted by Gasteiger charge is -2.06. The number of hydrogen-bond donors (Lipinski definition) is 0. The van der Waals surface area contributed by atoms with E-state index in [1.807, 2.05) is 12.3 Å². The number of rotatable bonds is 2. The monoisotopic (exact) mass is 228 g/mol. The molecule has 2 rings (SSSR count). The molecule has 0 fully saturated rings. The summed E-state index contributed by atoms with van der Waals surface area (Å²) in [6.07, 6.45) is 1.97. The molecule has 2 aromatic rings. The van der Waals surface area contributed by atoms with Gasteiger partial charge < -0.3 is 4.74 Å². The first kappa shape index (κ1) is 9.80. The van der Waals surface area contributed by atoms with Crippen molar-refractivity contribution in [3.8, 4) is 5.75 Å². The maximum absolute atomic E-state index is 13.3. The van der Waals surface area contributed by atoms with Crippen LogP contribution in [0.5, 0.6) is 5.75 Å². The highest BCUT2D eigenvalue weighted by Crippen LogP contribution is 2.39. The minimum Gasteiger partial charge on any atom is -0.496 e. The van der Waals surface area contributed by atoms with Crippen molar-refractivity contribution < 1.29 is 9.13 Å². The largest absolute Gasteiger partial charge is 0.496 e. The van der Waals surface area contributed by atoms with Gasteiger partial charge in [0, 0.05) is 10.8 Å². The van der Waals surface area contributed by atoms with Crippen LogP contribution < -0.4 is 4.74 Å². The first-order valence-corrected chi connectivity index (χ1v) is 6.16. The van der Waals surface area contributed by atoms with Crippen LogP contribution in [0.25, 0.3) is 10.1 Å². The van der Waals surface area contributed by atoms with Crippen molar-refractivity contribution in [3.63, 3.8) is 0 Å². The molecule has 0 saturated carbocycles. The summed E-state index contributed by atoms with van der Waals surface area (Å²) in [5, 5.41) is 2.21. The molecule has 0 bridgehead atoms. The summed E-state index contributed by atoms with van der Waals surface area (Å²) in [5.41, 5.74) is 0. The van der Waals surface area contributed by atoms with Crippen molar-refractivity contribution >= 4 is 33.2 Å². The normalized spacial score (nSPS) is 10.8. The molecule has 74 valence electrons. The van der Waals surface area contributed by atoms with Gasteiger partial charge >= 0.3 is 0 Å². The third-order valence-electron chi connectivity index (χ3n) is 2.04. The number of fused-ring (bicyclic) bond motifs is 1. The Bertz CT molecular complexity index is 464. The van der Waals surface area contributed by atoms with Crippen LogP contribution in [-0.2, 0) is 0 Å². The lowest BCUT2D eigenvalue weighted by atomic mass is 10.2. The van der Waals surface area contributed by atoms with Gasteiger partial charge in [-0.1, -0.05) is 0 Å². The second-order valence-corrected chi connectivity index (χ2v) is 4.46. The van der Waals surface area contributed by atoms with Crippen LogP contribution in [0.3, 0.4) is 0 Å². The summed E-state index contributed by atoms with van der Waals surface area (Å²) in [5.74, 6) is 0.662. The Balaban J connectivity index is 2.77. The van der Waals surface area contributed by atoms with E-state index in [-0.39, 0.29) is 5.82 Å². The van der Waals surface area contributed by atoms with E-state index in [4.69, 9.17) is 4.74 Å². The van der Waals surface area contributed by atoms with Crippen LogP contribution in [-0.4, -0.2) is 13.4 Å². The summed E-state index contributed by atoms with van der Waals surface area (Å²) < 4.78 is 19.4. The molecule has 1 aromatic carbocycles. The summed E-state index contributed by atoms with van der Waals surface area (Å²) in [4.78, 5) is 1.01. The van der Waals surface area contributed by atoms with Crippen molar-refractivity contribution in [2.24, 2.45) is 0 Å². The zero-order valence-electron chi connectivity index (χ0n) is 7.83. The number of methoxy groups -OCH3 is 1. The number of ether oxygens (including phenoxy) is 1. The fraction of sp³-hybridized carbons (Fsp3) is 0.200. The van der Waals surface area contributed by atoms with Crippen LogP contribution in [0.15, 0.2) is 22.4 Å². The van der Waals surface area contributed by atoms with Crippen LogP contribution in [0.4, 0.5) is 4.39 Å². The molecule has 0 radical (unpaired) electrons. The summed E-state index contributed by atoms with van der Waals surface area (Å²) in [7, 11) is 1.63. The molecule has 14 heavy (non-hydrogen) atoms. The van der Waals surface area contributed by atoms with Gasteiger partial charge in [0.25, 0.3) is 0 Å². The molecule has 0 atom stereocenters. The van der Waals surface area contributed by atoms with Gasteiger partial charge in [-0.3, -0.25) is 0 Å². The Morgan fingerprint density at radius 3 is 2.86 bits per heavy atom. The molecular weight excluding hydrogens is 219 g/mol. The maximum atomic E-state index is 13.3. The van der Waals surface area contributed by atoms with Gasteiger partial charge in [0.15, 0.2) is 0 Å². The standard InChI is InChI=1S/C10H9FOS2/c1-12-8-4-3-6-7(11)5-14-9(6)10(8)13-2/h3-5H,1-2H3. The average Bonchev–Trinajstić information content (AvgIpc) is 2.59. The fourth-order valence-electron chi connectivity index (χ4n) is 1.38. The highest BCUT2D eigenvalue weighted by molar-refractivity contribution is 7.99. The molecule has 1 nitrogen and oxygen atoms in total. The number of benzene rings is 1. The van der Waals surface area contributed by atoms with Crippen molar-refractivity contribution in [2.75, 3.05) is 13.4 Å². The zero-order chi connectivity index (χ0) is 10.1. The van der Waals surface area contributed by atoms with E-state index < -0.39 is 0 Å². The highest BCUT2D eigenvalue weighted by atomic mass is 32.2. The molecule has 0 aliphatic heterocycles. The first-order chi connectivity index (χ1) is 6.77. The quantitative estimate of drug-likeness (QED) is 0.724. The first-order valence-electron chi connectivity index (χ1n) is 4.05. The molecule has 0 amide bonds. The van der Waals surface area contributed by atoms with Gasteiger partial charge in [0.05, 0.1) is 16.7 Å². The Morgan fingerprint density at radius 2 is 2.21 bits per heavy atom. The number of thiophene rings is 1. The molecule has 1 aromatic heterocycles. The minimum absolute atomic E-state index is 0.150. The molecule has 0 saturated heterocycles. The van der Waals surface area contributed by atoms with Crippen molar-refractivity contribution in [2.45, 2.75) is 4.90 Å². The van der Waals surface area contributed by atoms with Gasteiger partial charge in [-0.05, 0) is 18.4 Å². The third kappa shape index (κ3) is 1.38. The topological polar surface area (TPSA) is 9.23 Å². The summed E-state index contributed by atoms with van der Waals surface area (Å²) >= 11 is 3.00. The number of hydrogen-bond acceptors (Lipinski definition) is 3. The molecular formula is C10H9FOS2. The molecule has 0 N–H and O–H groups in total. The van der Waals surface area contributed by atoms with Gasteiger partial charge in [-0.2, -0.15) is 0 Å². The number of thioether (sulfide) groups is 1. The van der Waals surface area contributed by atoms with Gasteiger partial charge in [-0.15, -0.1) is 23.1 Å². The Morgan fingerprint density at radius 1 is 1.43 bits per heavy atom. The third-order valence-corrected chi connectivity index (χ3v) is 3.96. The van der Waals surface area contributed by atoms with Gasteiger partial charge in [0.2, 0.25) is 0 Å². The number of halogens is 1. The van der Waals surface area contributed by atoms with Crippen molar-refractivity contribution in [1.29, 1.82) is 0 Å². The average molecular weight is 228 g/mol. The van der Waals surface area contributed by atoms with E-state index in [0.717, 1.165) is 15.3 Å². The van der Waals surface area contributed by atoms with Gasteiger partial charge in [0.1, 0.15) is 11.6 Å². The Kier molecular flexibility index (Phi) is 2.65. The molecule has 1 heterocycles. The fourth-order valence-corrected chi connectivity index (χ4v) is 3.27. The molecule has 0 unspecified atom stereocenters. The van der Waals surface area contributed by atoms with E-state index in [2.05, 4.69) is 0 Å². The smallest absolute Gasteiger partial charge is 0.141 e. The van der Waals surface area contributed by atoms with Crippen LogP contribution >= 0.6 is 23.1 Å². The second kappa shape index (κ2) is 3.79. The predicted molar refractivity (Wildman–Crippen MR) is 60.1 cm³/mol. The lowest BCUT2D eigenvalue weighted by molar-refractivity contribution is 0.406. The SMILES string of the molecule is COc1ccc2c(F)csc2c1SC. The van der Waals surface area contributed by atoms with E-state index >= 15 is 0 Å². The van der Waals surface area contributed by atoms with Crippen molar-refractivity contribution in [3.05, 3.63) is 23.3 Å². The molecule has 0 aliphatic carbocycles. The van der Waals surface area contributed by atoms with Crippen LogP contribution in [0.2, 0.25) is 0 Å². The molecule has 4 heteroatoms. The maximum Gasteiger partial charge on any atom is 0.141 e. The zero-order valence-corrected chi connectivity index (χ0v) is 9.47. The Hall–Kier alpha value is -0.740. The second-order valence-electron chi connectivity index (χ2n) is 2.76. The summed E-state index contributed by atoms with van der Waals surface area (Å²) in [6.45, 7) is 0. The minimum atomic E-state index is -0.150. The van der Waals surface area contributed by atoms with Crippen LogP contribution in [0, 0.1) is 5.82 Å². The van der Waals surface area contributed by atoms with Crippen LogP contribution in [0.1, 0.15) is 0 Å².